The molecule has 0 saturated carbocycles. The zero-order chi connectivity index (χ0) is 22.2. The van der Waals surface area contributed by atoms with E-state index in [4.69, 9.17) is 23.2 Å². The molecule has 0 aliphatic carbocycles. The van der Waals surface area contributed by atoms with Gasteiger partial charge in [0.1, 0.15) is 12.1 Å². The van der Waals surface area contributed by atoms with Gasteiger partial charge in [-0.3, -0.25) is 9.21 Å². The highest BCUT2D eigenvalue weighted by Gasteiger charge is 2.23. The van der Waals surface area contributed by atoms with Gasteiger partial charge in [0.2, 0.25) is 0 Å². The van der Waals surface area contributed by atoms with Crippen molar-refractivity contribution in [3.8, 4) is 0 Å². The minimum absolute atomic E-state index is 0.277. The average molecular weight is 497 g/mol. The fraction of sp³-hybridized carbons (Fsp3) is 0.364. The molecule has 1 aliphatic rings. The molecule has 3 aromatic rings. The molecule has 1 fully saturated rings. The van der Waals surface area contributed by atoms with Crippen LogP contribution in [0.1, 0.15) is 12.5 Å². The van der Waals surface area contributed by atoms with Crippen LogP contribution in [-0.4, -0.2) is 69.7 Å². The van der Waals surface area contributed by atoms with E-state index in [2.05, 4.69) is 55.5 Å². The van der Waals surface area contributed by atoms with Gasteiger partial charge in [0.15, 0.2) is 0 Å². The minimum atomic E-state index is -1.59. The van der Waals surface area contributed by atoms with Crippen molar-refractivity contribution < 1.29 is 0 Å². The van der Waals surface area contributed by atoms with Gasteiger partial charge in [0.05, 0.1) is 20.3 Å². The van der Waals surface area contributed by atoms with E-state index in [0.717, 1.165) is 53.7 Å². The minimum Gasteiger partial charge on any atom is -0.365 e. The summed E-state index contributed by atoms with van der Waals surface area (Å²) in [5.41, 5.74) is 2.24. The number of hydrogen-bond donors (Lipinski definition) is 1. The molecule has 4 rings (SSSR count). The molecule has 1 saturated heterocycles. The quantitative estimate of drug-likeness (QED) is 0.465. The van der Waals surface area contributed by atoms with E-state index >= 15 is 0 Å². The molecule has 9 heteroatoms. The molecule has 0 bridgehead atoms. The third-order valence-corrected chi connectivity index (χ3v) is 9.92. The van der Waals surface area contributed by atoms with E-state index < -0.39 is 9.39 Å². The van der Waals surface area contributed by atoms with E-state index in [1.807, 2.05) is 18.2 Å². The number of nitrogens with zero attached hydrogens (tertiary/aromatic N) is 4. The summed E-state index contributed by atoms with van der Waals surface area (Å²) in [6, 6.07) is 6.02. The van der Waals surface area contributed by atoms with E-state index in [-0.39, 0.29) is 6.04 Å². The molecule has 5 nitrogen and oxygen atoms in total. The van der Waals surface area contributed by atoms with E-state index in [9.17, 15) is 0 Å². The van der Waals surface area contributed by atoms with Gasteiger partial charge >= 0.3 is 0 Å². The Morgan fingerprint density at radius 2 is 1.90 bits per heavy atom. The molecule has 0 spiro atoms. The van der Waals surface area contributed by atoms with Crippen LogP contribution in [-0.2, 0) is 0 Å². The van der Waals surface area contributed by atoms with Crippen molar-refractivity contribution in [1.29, 1.82) is 0 Å². The SMILES string of the molecule is C=S(=C)(c1ccc(Cl)c(Cl)c1)N1CCN(C[C@H](C)Nc2ncnc3c(C)csc23)CC1. The first-order valence-electron chi connectivity index (χ1n) is 10.1. The molecule has 31 heavy (non-hydrogen) atoms. The fourth-order valence-electron chi connectivity index (χ4n) is 3.86. The van der Waals surface area contributed by atoms with E-state index in [0.29, 0.717) is 10.0 Å². The monoisotopic (exact) mass is 495 g/mol. The summed E-state index contributed by atoms with van der Waals surface area (Å²) in [6.45, 7) is 9.05. The summed E-state index contributed by atoms with van der Waals surface area (Å²) >= 11 is 14.0. The second-order valence-corrected chi connectivity index (χ2v) is 12.4. The Morgan fingerprint density at radius 1 is 1.16 bits per heavy atom. The maximum atomic E-state index is 6.23. The fourth-order valence-corrected chi connectivity index (χ4v) is 7.00. The molecule has 0 amide bonds. The summed E-state index contributed by atoms with van der Waals surface area (Å²) in [7, 11) is -1.59. The van der Waals surface area contributed by atoms with Crippen molar-refractivity contribution in [3.63, 3.8) is 0 Å². The summed E-state index contributed by atoms with van der Waals surface area (Å²) in [6.07, 6.45) is 1.64. The van der Waals surface area contributed by atoms with E-state index in [1.54, 1.807) is 17.7 Å². The standard InChI is InChI=1S/C22H27Cl2N5S2/c1-15-13-30-21-20(15)25-14-26-22(21)27-16(2)12-28-7-9-29(10-8-28)31(3,4)17-5-6-18(23)19(24)11-17/h5-6,11,13-14,16H,3-4,7-10,12H2,1-2H3,(H,25,26,27)/t16-/m0/s1. The Kier molecular flexibility index (Phi) is 6.82. The number of fused-ring (bicyclic) bond motifs is 1. The summed E-state index contributed by atoms with van der Waals surface area (Å²) in [4.78, 5) is 12.4. The first kappa shape index (κ1) is 22.8. The molecule has 1 atom stereocenters. The molecule has 1 aromatic carbocycles. The Balaban J connectivity index is 1.36. The number of aromatic nitrogens is 2. The van der Waals surface area contributed by atoms with Gasteiger partial charge in [-0.15, -0.1) is 20.7 Å². The Labute approximate surface area is 198 Å². The number of anilines is 1. The van der Waals surface area contributed by atoms with Gasteiger partial charge in [0.25, 0.3) is 0 Å². The first-order valence-corrected chi connectivity index (χ1v) is 13.7. The number of benzene rings is 1. The predicted molar refractivity (Wildman–Crippen MR) is 140 cm³/mol. The van der Waals surface area contributed by atoms with Crippen LogP contribution in [0, 0.1) is 6.92 Å². The highest BCUT2D eigenvalue weighted by molar-refractivity contribution is 8.25. The lowest BCUT2D eigenvalue weighted by molar-refractivity contribution is 0.191. The second kappa shape index (κ2) is 9.25. The molecular formula is C22H27Cl2N5S2. The van der Waals surface area contributed by atoms with Crippen molar-refractivity contribution in [2.75, 3.05) is 38.0 Å². The van der Waals surface area contributed by atoms with Crippen LogP contribution in [0.4, 0.5) is 5.82 Å². The van der Waals surface area contributed by atoms with E-state index in [1.165, 1.54) is 5.56 Å². The number of halogens is 2. The number of nitrogens with one attached hydrogen (secondary N) is 1. The van der Waals surface area contributed by atoms with Crippen LogP contribution in [0.3, 0.4) is 0 Å². The number of rotatable bonds is 6. The highest BCUT2D eigenvalue weighted by atomic mass is 35.5. The number of aryl methyl sites for hydroxylation is 1. The lowest BCUT2D eigenvalue weighted by Crippen LogP contribution is -2.47. The molecule has 166 valence electrons. The van der Waals surface area contributed by atoms with Gasteiger partial charge in [-0.2, -0.15) is 0 Å². The molecule has 2 aromatic heterocycles. The van der Waals surface area contributed by atoms with Crippen LogP contribution >= 0.6 is 43.9 Å². The van der Waals surface area contributed by atoms with Crippen molar-refractivity contribution >= 4 is 71.7 Å². The Hall–Kier alpha value is -1.35. The van der Waals surface area contributed by atoms with Gasteiger partial charge in [0, 0.05) is 43.7 Å². The zero-order valence-corrected chi connectivity index (χ0v) is 20.9. The van der Waals surface area contributed by atoms with Crippen LogP contribution in [0.5, 0.6) is 0 Å². The maximum Gasteiger partial charge on any atom is 0.147 e. The first-order chi connectivity index (χ1) is 14.8. The Morgan fingerprint density at radius 3 is 2.61 bits per heavy atom. The molecule has 1 aliphatic heterocycles. The summed E-state index contributed by atoms with van der Waals surface area (Å²) in [5, 5.41) is 6.83. The normalized spacial score (nSPS) is 17.2. The lowest BCUT2D eigenvalue weighted by atomic mass is 10.2. The molecular weight excluding hydrogens is 469 g/mol. The summed E-state index contributed by atoms with van der Waals surface area (Å²) < 4.78 is 3.52. The highest BCUT2D eigenvalue weighted by Crippen LogP contribution is 2.39. The van der Waals surface area contributed by atoms with Crippen LogP contribution in [0.25, 0.3) is 10.2 Å². The number of thiophene rings is 1. The predicted octanol–water partition coefficient (Wildman–Crippen LogP) is 5.37. The smallest absolute Gasteiger partial charge is 0.147 e. The van der Waals surface area contributed by atoms with Gasteiger partial charge in [-0.05, 0) is 43.0 Å². The van der Waals surface area contributed by atoms with Gasteiger partial charge < -0.3 is 5.32 Å². The lowest BCUT2D eigenvalue weighted by Gasteiger charge is -2.40. The number of hydrogen-bond acceptors (Lipinski definition) is 6. The largest absolute Gasteiger partial charge is 0.365 e. The topological polar surface area (TPSA) is 44.3 Å². The van der Waals surface area contributed by atoms with Gasteiger partial charge in [-0.25, -0.2) is 9.97 Å². The third kappa shape index (κ3) is 4.87. The molecule has 1 N–H and O–H groups in total. The van der Waals surface area contributed by atoms with Crippen molar-refractivity contribution in [2.45, 2.75) is 24.8 Å². The zero-order valence-electron chi connectivity index (χ0n) is 17.8. The van der Waals surface area contributed by atoms with Crippen molar-refractivity contribution in [3.05, 3.63) is 45.5 Å². The Bertz CT molecular complexity index is 1180. The van der Waals surface area contributed by atoms with Crippen LogP contribution in [0.15, 0.2) is 34.8 Å². The second-order valence-electron chi connectivity index (χ2n) is 8.01. The molecule has 3 heterocycles. The molecule has 0 radical (unpaired) electrons. The summed E-state index contributed by atoms with van der Waals surface area (Å²) in [5.74, 6) is 9.84. The maximum absolute atomic E-state index is 6.23. The van der Waals surface area contributed by atoms with Crippen LogP contribution < -0.4 is 5.32 Å². The third-order valence-electron chi connectivity index (χ3n) is 5.60. The average Bonchev–Trinajstić information content (AvgIpc) is 3.12. The van der Waals surface area contributed by atoms with Gasteiger partial charge in [-0.1, -0.05) is 34.9 Å². The van der Waals surface area contributed by atoms with Crippen molar-refractivity contribution in [2.24, 2.45) is 0 Å². The number of piperazine rings is 1. The molecule has 0 unspecified atom stereocenters. The van der Waals surface area contributed by atoms with Crippen molar-refractivity contribution in [1.82, 2.24) is 19.2 Å². The van der Waals surface area contributed by atoms with Crippen LogP contribution in [0.2, 0.25) is 10.0 Å².